The van der Waals surface area contributed by atoms with E-state index in [4.69, 9.17) is 4.43 Å². The number of carbonyl (C=O) groups is 1. The zero-order chi connectivity index (χ0) is 23.5. The first-order valence-electron chi connectivity index (χ1n) is 10.6. The highest BCUT2D eigenvalue weighted by atomic mass is 28.4. The molecule has 1 atom stereocenters. The van der Waals surface area contributed by atoms with Crippen LogP contribution in [-0.2, 0) is 10.8 Å². The SMILES string of the molecule is CC(Cc1ccc(-n2ccc(NC(=O)n3ccnc3)nc2=O)cc1)O[Si](C)(C)C(C)(C)C. The molecule has 3 rings (SSSR count). The van der Waals surface area contributed by atoms with Gasteiger partial charge in [-0.25, -0.2) is 14.6 Å². The highest BCUT2D eigenvalue weighted by Crippen LogP contribution is 2.37. The van der Waals surface area contributed by atoms with Crippen LogP contribution in [0.15, 0.2) is 60.0 Å². The molecule has 3 aromatic rings. The van der Waals surface area contributed by atoms with E-state index in [0.717, 1.165) is 12.0 Å². The summed E-state index contributed by atoms with van der Waals surface area (Å²) in [4.78, 5) is 32.3. The summed E-state index contributed by atoms with van der Waals surface area (Å²) in [7, 11) is -1.82. The number of aromatic nitrogens is 4. The molecule has 8 nitrogen and oxygen atoms in total. The molecule has 0 radical (unpaired) electrons. The number of carbonyl (C=O) groups excluding carboxylic acids is 1. The van der Waals surface area contributed by atoms with Gasteiger partial charge in [-0.2, -0.15) is 4.98 Å². The topological polar surface area (TPSA) is 91.0 Å². The van der Waals surface area contributed by atoms with Gasteiger partial charge in [0.1, 0.15) is 12.1 Å². The van der Waals surface area contributed by atoms with Gasteiger partial charge in [-0.05, 0) is 55.2 Å². The fourth-order valence-electron chi connectivity index (χ4n) is 3.07. The number of rotatable bonds is 6. The highest BCUT2D eigenvalue weighted by molar-refractivity contribution is 6.74. The lowest BCUT2D eigenvalue weighted by Gasteiger charge is -2.38. The number of benzene rings is 1. The zero-order valence-electron chi connectivity index (χ0n) is 19.5. The first-order valence-corrected chi connectivity index (χ1v) is 13.5. The highest BCUT2D eigenvalue weighted by Gasteiger charge is 2.38. The number of amides is 1. The van der Waals surface area contributed by atoms with Crippen molar-refractivity contribution in [3.63, 3.8) is 0 Å². The summed E-state index contributed by atoms with van der Waals surface area (Å²) < 4.78 is 9.15. The van der Waals surface area contributed by atoms with Crippen LogP contribution in [0.1, 0.15) is 33.3 Å². The van der Waals surface area contributed by atoms with Crippen LogP contribution in [0, 0.1) is 0 Å². The Balaban J connectivity index is 1.67. The maximum absolute atomic E-state index is 12.5. The van der Waals surface area contributed by atoms with E-state index in [1.807, 2.05) is 24.3 Å². The first kappa shape index (κ1) is 23.6. The summed E-state index contributed by atoms with van der Waals surface area (Å²) in [5.41, 5.74) is 1.37. The van der Waals surface area contributed by atoms with Crippen molar-refractivity contribution < 1.29 is 9.22 Å². The molecule has 1 unspecified atom stereocenters. The third kappa shape index (κ3) is 5.60. The van der Waals surface area contributed by atoms with Crippen LogP contribution < -0.4 is 11.0 Å². The molecule has 0 saturated heterocycles. The maximum Gasteiger partial charge on any atom is 0.354 e. The zero-order valence-corrected chi connectivity index (χ0v) is 20.5. The minimum absolute atomic E-state index is 0.115. The van der Waals surface area contributed by atoms with Crippen molar-refractivity contribution in [2.75, 3.05) is 5.32 Å². The Hall–Kier alpha value is -3.04. The lowest BCUT2D eigenvalue weighted by Crippen LogP contribution is -2.43. The molecule has 2 aromatic heterocycles. The van der Waals surface area contributed by atoms with Crippen LogP contribution >= 0.6 is 0 Å². The van der Waals surface area contributed by atoms with Gasteiger partial charge in [0.15, 0.2) is 8.32 Å². The van der Waals surface area contributed by atoms with Crippen molar-refractivity contribution >= 4 is 20.2 Å². The average molecular weight is 454 g/mol. The van der Waals surface area contributed by atoms with E-state index in [1.54, 1.807) is 12.3 Å². The average Bonchev–Trinajstić information content (AvgIpc) is 3.22. The fourth-order valence-corrected chi connectivity index (χ4v) is 4.51. The van der Waals surface area contributed by atoms with Crippen LogP contribution in [0.5, 0.6) is 0 Å². The molecular formula is C23H31N5O3Si. The monoisotopic (exact) mass is 453 g/mol. The van der Waals surface area contributed by atoms with Crippen LogP contribution in [0.4, 0.5) is 10.6 Å². The van der Waals surface area contributed by atoms with Gasteiger partial charge in [0, 0.05) is 24.7 Å². The van der Waals surface area contributed by atoms with Gasteiger partial charge in [-0.1, -0.05) is 32.9 Å². The molecule has 1 N–H and O–H groups in total. The standard InChI is InChI=1S/C23H31N5O3Si/c1-17(31-32(5,6)23(2,3)4)15-18-7-9-19(10-8-18)28-13-11-20(26-22(28)30)25-21(29)27-14-12-24-16-27/h7-14,16-17H,15H2,1-6H3,(H,25,26,29,30). The van der Waals surface area contributed by atoms with Crippen molar-refractivity contribution in [2.45, 2.75) is 58.4 Å². The second-order valence-corrected chi connectivity index (χ2v) is 14.2. The third-order valence-corrected chi connectivity index (χ3v) is 10.4. The summed E-state index contributed by atoms with van der Waals surface area (Å²) in [5.74, 6) is 0.179. The van der Waals surface area contributed by atoms with Crippen LogP contribution in [0.25, 0.3) is 5.69 Å². The number of imidazole rings is 1. The molecule has 0 bridgehead atoms. The molecule has 0 spiro atoms. The lowest BCUT2D eigenvalue weighted by atomic mass is 10.1. The Morgan fingerprint density at radius 3 is 2.41 bits per heavy atom. The van der Waals surface area contributed by atoms with Gasteiger partial charge in [-0.3, -0.25) is 14.5 Å². The number of nitrogens with one attached hydrogen (secondary N) is 1. The summed E-state index contributed by atoms with van der Waals surface area (Å²) in [6.45, 7) is 13.3. The molecule has 0 saturated carbocycles. The van der Waals surface area contributed by atoms with E-state index in [-0.39, 0.29) is 17.0 Å². The molecule has 9 heteroatoms. The minimum atomic E-state index is -1.82. The van der Waals surface area contributed by atoms with Crippen LogP contribution in [0.3, 0.4) is 0 Å². The normalized spacial score (nSPS) is 13.1. The number of hydrogen-bond acceptors (Lipinski definition) is 5. The third-order valence-electron chi connectivity index (χ3n) is 5.82. The quantitative estimate of drug-likeness (QED) is 0.556. The van der Waals surface area contributed by atoms with E-state index >= 15 is 0 Å². The Labute approximate surface area is 189 Å². The maximum atomic E-state index is 12.5. The largest absolute Gasteiger partial charge is 0.414 e. The van der Waals surface area contributed by atoms with Crippen molar-refractivity contribution in [1.29, 1.82) is 0 Å². The Morgan fingerprint density at radius 1 is 1.16 bits per heavy atom. The molecule has 0 aliphatic heterocycles. The number of hydrogen-bond donors (Lipinski definition) is 1. The van der Waals surface area contributed by atoms with Gasteiger partial charge in [0.05, 0.1) is 5.69 Å². The summed E-state index contributed by atoms with van der Waals surface area (Å²) in [6, 6.07) is 8.93. The molecule has 0 aliphatic carbocycles. The van der Waals surface area contributed by atoms with Crippen LogP contribution in [-0.4, -0.2) is 39.6 Å². The lowest BCUT2D eigenvalue weighted by molar-refractivity contribution is 0.199. The minimum Gasteiger partial charge on any atom is -0.414 e. The van der Waals surface area contributed by atoms with Crippen molar-refractivity contribution in [1.82, 2.24) is 19.1 Å². The van der Waals surface area contributed by atoms with Crippen molar-refractivity contribution in [2.24, 2.45) is 0 Å². The van der Waals surface area contributed by atoms with Gasteiger partial charge >= 0.3 is 11.7 Å². The van der Waals surface area contributed by atoms with E-state index < -0.39 is 20.0 Å². The molecule has 2 heterocycles. The molecule has 1 aromatic carbocycles. The summed E-state index contributed by atoms with van der Waals surface area (Å²) in [6.07, 6.45) is 6.89. The Bertz CT molecular complexity index is 1120. The molecule has 32 heavy (non-hydrogen) atoms. The van der Waals surface area contributed by atoms with Crippen molar-refractivity contribution in [3.8, 4) is 5.69 Å². The van der Waals surface area contributed by atoms with Gasteiger partial charge in [-0.15, -0.1) is 0 Å². The predicted octanol–water partition coefficient (Wildman–Crippen LogP) is 4.46. The van der Waals surface area contributed by atoms with Crippen LogP contribution in [0.2, 0.25) is 18.1 Å². The van der Waals surface area contributed by atoms with E-state index in [0.29, 0.717) is 5.69 Å². The number of anilines is 1. The molecular weight excluding hydrogens is 422 g/mol. The molecule has 0 aliphatic rings. The van der Waals surface area contributed by atoms with Crippen molar-refractivity contribution in [3.05, 3.63) is 71.3 Å². The summed E-state index contributed by atoms with van der Waals surface area (Å²) in [5, 5.41) is 2.74. The molecule has 1 amide bonds. The first-order chi connectivity index (χ1) is 15.0. The molecule has 0 fully saturated rings. The smallest absolute Gasteiger partial charge is 0.354 e. The second kappa shape index (κ2) is 9.21. The van der Waals surface area contributed by atoms with Gasteiger partial charge in [0.25, 0.3) is 0 Å². The fraction of sp³-hybridized carbons (Fsp3) is 0.391. The van der Waals surface area contributed by atoms with E-state index in [1.165, 1.54) is 27.9 Å². The Kier molecular flexibility index (Phi) is 6.80. The molecule has 170 valence electrons. The second-order valence-electron chi connectivity index (χ2n) is 9.42. The van der Waals surface area contributed by atoms with Gasteiger partial charge < -0.3 is 4.43 Å². The van der Waals surface area contributed by atoms with Gasteiger partial charge in [0.2, 0.25) is 0 Å². The van der Waals surface area contributed by atoms with E-state index in [9.17, 15) is 9.59 Å². The number of nitrogens with zero attached hydrogens (tertiary/aromatic N) is 4. The predicted molar refractivity (Wildman–Crippen MR) is 128 cm³/mol. The Morgan fingerprint density at radius 2 is 1.84 bits per heavy atom. The van der Waals surface area contributed by atoms with E-state index in [2.05, 4.69) is 56.1 Å². The summed E-state index contributed by atoms with van der Waals surface area (Å²) >= 11 is 0.